The molecule has 2 saturated heterocycles. The summed E-state index contributed by atoms with van der Waals surface area (Å²) < 4.78 is 34.2. The van der Waals surface area contributed by atoms with Crippen molar-refractivity contribution in [3.05, 3.63) is 80.9 Å². The number of piperidine rings is 1. The van der Waals surface area contributed by atoms with Gasteiger partial charge in [-0.1, -0.05) is 17.7 Å². The average Bonchev–Trinajstić information content (AvgIpc) is 3.55. The van der Waals surface area contributed by atoms with Gasteiger partial charge < -0.3 is 56.3 Å². The summed E-state index contributed by atoms with van der Waals surface area (Å²) in [5.41, 5.74) is 5.21. The van der Waals surface area contributed by atoms with Gasteiger partial charge in [0, 0.05) is 49.9 Å². The second kappa shape index (κ2) is 15.5. The Labute approximate surface area is 316 Å². The summed E-state index contributed by atoms with van der Waals surface area (Å²) in [6.45, 7) is 0.599. The van der Waals surface area contributed by atoms with E-state index in [4.69, 9.17) is 22.0 Å². The van der Waals surface area contributed by atoms with Crippen LogP contribution in [0.25, 0.3) is 0 Å². The standard InChI is InChI=1S/C34H34BClF2N6O11/c36-25-20(13-22(38)27(46)28(25)47)26(30(48)40-23-12-16-1-2-21(37)24(32(50)51)29(16)55-35(23)54)41-33(52)44-8-7-43(34(44)53)18-3-5-42(6-4-18)31(49)17-9-15(14-39)10-19(45)11-17/h1-2,9-11,13,18,23,26,45-47,54H,3-8,12,14,39H2,(H,40,48)(H,41,52)(H,50,51). The van der Waals surface area contributed by atoms with Crippen molar-refractivity contribution in [2.75, 3.05) is 26.2 Å². The molecule has 3 heterocycles. The van der Waals surface area contributed by atoms with Gasteiger partial charge in [0.25, 0.3) is 5.91 Å². The Morgan fingerprint density at radius 1 is 1.00 bits per heavy atom. The lowest BCUT2D eigenvalue weighted by Crippen LogP contribution is -2.56. The number of phenolic OH excluding ortho intramolecular Hbond substituents is 3. The van der Waals surface area contributed by atoms with Crippen LogP contribution in [0, 0.1) is 11.6 Å². The third kappa shape index (κ3) is 7.60. The number of aromatic hydroxyl groups is 3. The summed E-state index contributed by atoms with van der Waals surface area (Å²) in [7, 11) is -1.94. The van der Waals surface area contributed by atoms with Gasteiger partial charge in [0.1, 0.15) is 28.9 Å². The fourth-order valence-electron chi connectivity index (χ4n) is 6.90. The van der Waals surface area contributed by atoms with Crippen LogP contribution in [0.3, 0.4) is 0 Å². The van der Waals surface area contributed by atoms with Crippen LogP contribution in [0.4, 0.5) is 18.4 Å². The number of benzene rings is 3. The van der Waals surface area contributed by atoms with Crippen molar-refractivity contribution in [3.63, 3.8) is 0 Å². The number of carboxylic acid groups (broad SMARTS) is 1. The molecule has 21 heteroatoms. The van der Waals surface area contributed by atoms with E-state index in [2.05, 4.69) is 10.6 Å². The van der Waals surface area contributed by atoms with Gasteiger partial charge in [-0.15, -0.1) is 0 Å². The van der Waals surface area contributed by atoms with E-state index in [0.717, 1.165) is 11.0 Å². The smallest absolute Gasteiger partial charge is 0.534 e. The summed E-state index contributed by atoms with van der Waals surface area (Å²) in [4.78, 5) is 69.6. The largest absolute Gasteiger partial charge is 0.547 e. The number of nitrogens with two attached hydrogens (primary N) is 1. The highest BCUT2D eigenvalue weighted by molar-refractivity contribution is 6.47. The molecule has 6 rings (SSSR count). The second-order valence-electron chi connectivity index (χ2n) is 13.1. The monoisotopic (exact) mass is 786 g/mol. The maximum Gasteiger partial charge on any atom is 0.547 e. The minimum absolute atomic E-state index is 0.0907. The number of nitrogens with one attached hydrogen (secondary N) is 2. The Kier molecular flexibility index (Phi) is 10.9. The molecule has 2 unspecified atom stereocenters. The molecule has 0 bridgehead atoms. The zero-order chi connectivity index (χ0) is 39.9. The summed E-state index contributed by atoms with van der Waals surface area (Å²) in [5, 5.41) is 54.2. The third-order valence-corrected chi connectivity index (χ3v) is 10.1. The van der Waals surface area contributed by atoms with Crippen LogP contribution in [-0.2, 0) is 17.8 Å². The van der Waals surface area contributed by atoms with E-state index < -0.39 is 88.1 Å². The predicted molar refractivity (Wildman–Crippen MR) is 187 cm³/mol. The summed E-state index contributed by atoms with van der Waals surface area (Å²) in [5.74, 6) is -10.0. The van der Waals surface area contributed by atoms with Gasteiger partial charge in [-0.05, 0) is 60.7 Å². The molecule has 17 nitrogen and oxygen atoms in total. The highest BCUT2D eigenvalue weighted by atomic mass is 35.5. The van der Waals surface area contributed by atoms with Crippen LogP contribution in [0.2, 0.25) is 5.02 Å². The lowest BCUT2D eigenvalue weighted by Gasteiger charge is -2.36. The third-order valence-electron chi connectivity index (χ3n) is 9.73. The highest BCUT2D eigenvalue weighted by Gasteiger charge is 2.43. The van der Waals surface area contributed by atoms with Gasteiger partial charge in [-0.2, -0.15) is 0 Å². The van der Waals surface area contributed by atoms with Crippen LogP contribution in [0.5, 0.6) is 23.0 Å². The highest BCUT2D eigenvalue weighted by Crippen LogP contribution is 2.41. The Morgan fingerprint density at radius 2 is 1.71 bits per heavy atom. The number of likely N-dealkylation sites (tertiary alicyclic amines) is 1. The molecule has 2 fully saturated rings. The van der Waals surface area contributed by atoms with E-state index in [1.165, 1.54) is 23.1 Å². The van der Waals surface area contributed by atoms with Crippen LogP contribution in [-0.4, -0.2) is 115 Å². The molecule has 0 aromatic heterocycles. The van der Waals surface area contributed by atoms with E-state index in [9.17, 15) is 58.2 Å². The number of carbonyl (C=O) groups is 5. The first-order chi connectivity index (χ1) is 26.1. The van der Waals surface area contributed by atoms with Crippen molar-refractivity contribution in [1.29, 1.82) is 0 Å². The van der Waals surface area contributed by atoms with Crippen molar-refractivity contribution in [2.45, 2.75) is 43.8 Å². The SMILES string of the molecule is NCc1cc(O)cc(C(=O)N2CCC(N3CCN(C(=O)NC(C(=O)NC4Cc5ccc(F)c(C(=O)O)c5OB4O)c4cc(F)c(O)c(O)c4Cl)C3=O)CC2)c1. The number of amides is 6. The van der Waals surface area contributed by atoms with E-state index >= 15 is 0 Å². The minimum atomic E-state index is -1.97. The first kappa shape index (κ1) is 38.9. The lowest BCUT2D eigenvalue weighted by molar-refractivity contribution is -0.123. The Bertz CT molecular complexity index is 2090. The summed E-state index contributed by atoms with van der Waals surface area (Å²) in [6.07, 6.45) is 0.425. The zero-order valence-corrected chi connectivity index (χ0v) is 29.4. The molecular weight excluding hydrogens is 753 g/mol. The number of rotatable bonds is 8. The molecule has 9 N–H and O–H groups in total. The normalized spacial score (nSPS) is 17.8. The number of carbonyl (C=O) groups excluding carboxylic acids is 4. The maximum absolute atomic E-state index is 14.7. The molecule has 3 aliphatic rings. The second-order valence-corrected chi connectivity index (χ2v) is 13.5. The molecule has 3 aliphatic heterocycles. The van der Waals surface area contributed by atoms with Crippen LogP contribution in [0.1, 0.15) is 56.3 Å². The number of fused-ring (bicyclic) bond motifs is 1. The number of urea groups is 2. The Hall–Kier alpha value is -5.86. The molecular formula is C34H34BClF2N6O11. The molecule has 2 atom stereocenters. The maximum atomic E-state index is 14.7. The number of aromatic carboxylic acids is 1. The number of hydrogen-bond acceptors (Lipinski definition) is 11. The van der Waals surface area contributed by atoms with Crippen LogP contribution in [0.15, 0.2) is 36.4 Å². The average molecular weight is 787 g/mol. The van der Waals surface area contributed by atoms with Crippen molar-refractivity contribution >= 4 is 48.6 Å². The fourth-order valence-corrected chi connectivity index (χ4v) is 7.16. The van der Waals surface area contributed by atoms with Gasteiger partial charge in [0.05, 0.1) is 11.0 Å². The van der Waals surface area contributed by atoms with E-state index in [-0.39, 0.29) is 68.0 Å². The molecule has 3 aromatic rings. The van der Waals surface area contributed by atoms with Crippen molar-refractivity contribution < 1.29 is 62.9 Å². The number of halogens is 3. The molecule has 0 radical (unpaired) electrons. The molecule has 55 heavy (non-hydrogen) atoms. The van der Waals surface area contributed by atoms with Crippen molar-refractivity contribution in [3.8, 4) is 23.0 Å². The summed E-state index contributed by atoms with van der Waals surface area (Å²) >= 11 is 6.19. The molecule has 290 valence electrons. The number of imide groups is 1. The quantitative estimate of drug-likeness (QED) is 0.120. The lowest BCUT2D eigenvalue weighted by atomic mass is 9.72. The molecule has 0 spiro atoms. The van der Waals surface area contributed by atoms with E-state index in [1.54, 1.807) is 11.0 Å². The number of hydrogen-bond donors (Lipinski definition) is 8. The van der Waals surface area contributed by atoms with Gasteiger partial charge in [0.15, 0.2) is 17.3 Å². The predicted octanol–water partition coefficient (Wildman–Crippen LogP) is 1.82. The minimum Gasteiger partial charge on any atom is -0.534 e. The molecule has 0 saturated carbocycles. The first-order valence-electron chi connectivity index (χ1n) is 16.9. The topological polar surface area (TPSA) is 256 Å². The number of nitrogens with zero attached hydrogens (tertiary/aromatic N) is 3. The molecule has 3 aromatic carbocycles. The van der Waals surface area contributed by atoms with Gasteiger partial charge in [-0.3, -0.25) is 9.59 Å². The van der Waals surface area contributed by atoms with Crippen LogP contribution >= 0.6 is 11.6 Å². The zero-order valence-electron chi connectivity index (χ0n) is 28.7. The molecule has 6 amide bonds. The summed E-state index contributed by atoms with van der Waals surface area (Å²) in [6, 6.07) is 2.81. The first-order valence-corrected chi connectivity index (χ1v) is 17.3. The van der Waals surface area contributed by atoms with Gasteiger partial charge in [-0.25, -0.2) is 28.1 Å². The molecule has 0 aliphatic carbocycles. The Morgan fingerprint density at radius 3 is 2.38 bits per heavy atom. The van der Waals surface area contributed by atoms with Gasteiger partial charge in [0.2, 0.25) is 5.91 Å². The Balaban J connectivity index is 1.16. The fraction of sp³-hybridized carbons (Fsp3) is 0.324. The number of carboxylic acids is 1. The van der Waals surface area contributed by atoms with Crippen molar-refractivity contribution in [2.24, 2.45) is 5.73 Å². The number of phenols is 3. The van der Waals surface area contributed by atoms with Gasteiger partial charge >= 0.3 is 25.1 Å². The van der Waals surface area contributed by atoms with E-state index in [1.807, 2.05) is 0 Å². The van der Waals surface area contributed by atoms with E-state index in [0.29, 0.717) is 24.5 Å². The van der Waals surface area contributed by atoms with Crippen LogP contribution < -0.4 is 21.0 Å². The van der Waals surface area contributed by atoms with Crippen molar-refractivity contribution in [1.82, 2.24) is 25.3 Å².